The van der Waals surface area contributed by atoms with E-state index in [4.69, 9.17) is 5.11 Å². The van der Waals surface area contributed by atoms with Crippen molar-refractivity contribution in [1.29, 1.82) is 0 Å². The van der Waals surface area contributed by atoms with Crippen molar-refractivity contribution in [2.24, 2.45) is 0 Å². The third-order valence-corrected chi connectivity index (χ3v) is 3.59. The van der Waals surface area contributed by atoms with Gasteiger partial charge in [-0.2, -0.15) is 0 Å². The molecule has 0 amide bonds. The molecule has 0 bridgehead atoms. The van der Waals surface area contributed by atoms with Crippen LogP contribution in [0, 0.1) is 0 Å². The highest BCUT2D eigenvalue weighted by atomic mass is 16.4. The molecule has 1 unspecified atom stereocenters. The topological polar surface area (TPSA) is 78.4 Å². The summed E-state index contributed by atoms with van der Waals surface area (Å²) < 4.78 is 0. The predicted molar refractivity (Wildman–Crippen MR) is 76.5 cm³/mol. The van der Waals surface area contributed by atoms with Gasteiger partial charge in [-0.1, -0.05) is 6.42 Å². The van der Waals surface area contributed by atoms with E-state index in [-0.39, 0.29) is 12.5 Å². The number of nitrogens with one attached hydrogen (secondary N) is 1. The van der Waals surface area contributed by atoms with E-state index in [1.54, 1.807) is 0 Å². The number of hydrogen-bond acceptors (Lipinski definition) is 5. The maximum atomic E-state index is 10.9. The Morgan fingerprint density at radius 1 is 1.45 bits per heavy atom. The van der Waals surface area contributed by atoms with Gasteiger partial charge in [0, 0.05) is 37.1 Å². The molecular formula is C14H22N4O2. The number of rotatable bonds is 6. The minimum atomic E-state index is -0.722. The van der Waals surface area contributed by atoms with E-state index in [2.05, 4.69) is 20.2 Å². The monoisotopic (exact) mass is 278 g/mol. The number of carboxylic acids is 1. The normalized spacial score (nSPS) is 19.8. The highest BCUT2D eigenvalue weighted by Crippen LogP contribution is 2.21. The van der Waals surface area contributed by atoms with Crippen molar-refractivity contribution in [1.82, 2.24) is 14.9 Å². The van der Waals surface area contributed by atoms with Crippen molar-refractivity contribution in [3.05, 3.63) is 18.0 Å². The van der Waals surface area contributed by atoms with Crippen LogP contribution in [0.2, 0.25) is 0 Å². The molecular weight excluding hydrogens is 256 g/mol. The molecule has 0 spiro atoms. The van der Waals surface area contributed by atoms with Gasteiger partial charge in [-0.05, 0) is 26.3 Å². The van der Waals surface area contributed by atoms with E-state index in [1.807, 2.05) is 19.3 Å². The second-order valence-electron chi connectivity index (χ2n) is 5.16. The summed E-state index contributed by atoms with van der Waals surface area (Å²) in [6.45, 7) is 4.48. The molecule has 1 fully saturated rings. The first-order valence-electron chi connectivity index (χ1n) is 7.19. The van der Waals surface area contributed by atoms with Gasteiger partial charge in [-0.3, -0.25) is 9.69 Å². The second kappa shape index (κ2) is 7.19. The van der Waals surface area contributed by atoms with E-state index in [1.165, 1.54) is 0 Å². The van der Waals surface area contributed by atoms with Gasteiger partial charge in [0.15, 0.2) is 0 Å². The summed E-state index contributed by atoms with van der Waals surface area (Å²) in [4.78, 5) is 21.7. The van der Waals surface area contributed by atoms with Crippen LogP contribution in [0.3, 0.4) is 0 Å². The van der Waals surface area contributed by atoms with Crippen molar-refractivity contribution in [3.8, 4) is 0 Å². The Bertz CT molecular complexity index is 435. The molecule has 1 aromatic heterocycles. The Morgan fingerprint density at radius 2 is 2.20 bits per heavy atom. The Labute approximate surface area is 119 Å². The number of aromatic nitrogens is 2. The lowest BCUT2D eigenvalue weighted by Crippen LogP contribution is -2.40. The van der Waals surface area contributed by atoms with E-state index >= 15 is 0 Å². The third kappa shape index (κ3) is 4.16. The predicted octanol–water partition coefficient (Wildman–Crippen LogP) is 1.74. The minimum Gasteiger partial charge on any atom is -0.481 e. The first-order chi connectivity index (χ1) is 9.69. The first kappa shape index (κ1) is 14.7. The summed E-state index contributed by atoms with van der Waals surface area (Å²) in [6.07, 6.45) is 7.06. The fourth-order valence-corrected chi connectivity index (χ4v) is 2.62. The highest BCUT2D eigenvalue weighted by Gasteiger charge is 2.24. The molecule has 2 N–H and O–H groups in total. The molecule has 110 valence electrons. The van der Waals surface area contributed by atoms with Crippen molar-refractivity contribution in [2.75, 3.05) is 18.4 Å². The van der Waals surface area contributed by atoms with E-state index < -0.39 is 5.97 Å². The fraction of sp³-hybridized carbons (Fsp3) is 0.643. The summed E-state index contributed by atoms with van der Waals surface area (Å²) in [5.41, 5.74) is 1.03. The zero-order valence-corrected chi connectivity index (χ0v) is 11.9. The smallest absolute Gasteiger partial charge is 0.304 e. The molecule has 0 saturated carbocycles. The zero-order chi connectivity index (χ0) is 14.4. The first-order valence-corrected chi connectivity index (χ1v) is 7.19. The average Bonchev–Trinajstić information content (AvgIpc) is 2.43. The molecule has 2 rings (SSSR count). The summed E-state index contributed by atoms with van der Waals surface area (Å²) in [6, 6.07) is 0.134. The number of aliphatic carboxylic acids is 1. The van der Waals surface area contributed by atoms with Crippen LogP contribution in [0.5, 0.6) is 0 Å². The third-order valence-electron chi connectivity index (χ3n) is 3.59. The number of likely N-dealkylation sites (tertiary alicyclic amines) is 1. The Balaban J connectivity index is 1.97. The summed E-state index contributed by atoms with van der Waals surface area (Å²) in [5, 5.41) is 12.0. The molecule has 1 saturated heterocycles. The SMILES string of the molecule is CCNc1ncc(CN2CCCCC2CC(=O)O)cn1. The Hall–Kier alpha value is -1.69. The van der Waals surface area contributed by atoms with E-state index in [9.17, 15) is 4.79 Å². The maximum Gasteiger partial charge on any atom is 0.304 e. The summed E-state index contributed by atoms with van der Waals surface area (Å²) >= 11 is 0. The lowest BCUT2D eigenvalue weighted by molar-refractivity contribution is -0.138. The second-order valence-corrected chi connectivity index (χ2v) is 5.16. The zero-order valence-electron chi connectivity index (χ0n) is 11.9. The molecule has 1 aliphatic heterocycles. The van der Waals surface area contributed by atoms with Crippen molar-refractivity contribution < 1.29 is 9.90 Å². The van der Waals surface area contributed by atoms with Crippen LogP contribution >= 0.6 is 0 Å². The Morgan fingerprint density at radius 3 is 2.85 bits per heavy atom. The number of anilines is 1. The number of carboxylic acid groups (broad SMARTS) is 1. The summed E-state index contributed by atoms with van der Waals surface area (Å²) in [7, 11) is 0. The van der Waals surface area contributed by atoms with Crippen molar-refractivity contribution >= 4 is 11.9 Å². The van der Waals surface area contributed by atoms with Crippen molar-refractivity contribution in [3.63, 3.8) is 0 Å². The Kier molecular flexibility index (Phi) is 5.29. The molecule has 2 heterocycles. The van der Waals surface area contributed by atoms with Gasteiger partial charge in [0.2, 0.25) is 5.95 Å². The van der Waals surface area contributed by atoms with Crippen molar-refractivity contribution in [2.45, 2.75) is 45.2 Å². The largest absolute Gasteiger partial charge is 0.481 e. The van der Waals surface area contributed by atoms with Gasteiger partial charge in [0.05, 0.1) is 6.42 Å². The average molecular weight is 278 g/mol. The van der Waals surface area contributed by atoms with E-state index in [0.717, 1.165) is 44.5 Å². The highest BCUT2D eigenvalue weighted by molar-refractivity contribution is 5.67. The van der Waals surface area contributed by atoms with Crippen LogP contribution in [0.25, 0.3) is 0 Å². The molecule has 1 atom stereocenters. The van der Waals surface area contributed by atoms with Crippen LogP contribution in [0.4, 0.5) is 5.95 Å². The lowest BCUT2D eigenvalue weighted by Gasteiger charge is -2.34. The van der Waals surface area contributed by atoms with Gasteiger partial charge in [-0.15, -0.1) is 0 Å². The number of carbonyl (C=O) groups is 1. The maximum absolute atomic E-state index is 10.9. The van der Waals surface area contributed by atoms with E-state index in [0.29, 0.717) is 5.95 Å². The van der Waals surface area contributed by atoms with Gasteiger partial charge >= 0.3 is 5.97 Å². The lowest BCUT2D eigenvalue weighted by atomic mass is 9.99. The van der Waals surface area contributed by atoms with Gasteiger partial charge in [-0.25, -0.2) is 9.97 Å². The van der Waals surface area contributed by atoms with Crippen LogP contribution in [-0.2, 0) is 11.3 Å². The quantitative estimate of drug-likeness (QED) is 0.825. The fourth-order valence-electron chi connectivity index (χ4n) is 2.62. The van der Waals surface area contributed by atoms with Crippen LogP contribution in [-0.4, -0.2) is 45.1 Å². The minimum absolute atomic E-state index is 0.134. The molecule has 0 aromatic carbocycles. The standard InChI is InChI=1S/C14H22N4O2/c1-2-15-14-16-8-11(9-17-14)10-18-6-4-3-5-12(18)7-13(19)20/h8-9,12H,2-7,10H2,1H3,(H,19,20)(H,15,16,17). The van der Waals surface area contributed by atoms with Crippen LogP contribution in [0.15, 0.2) is 12.4 Å². The van der Waals surface area contributed by atoms with Gasteiger partial charge in [0.1, 0.15) is 0 Å². The molecule has 20 heavy (non-hydrogen) atoms. The van der Waals surface area contributed by atoms with Gasteiger partial charge in [0.25, 0.3) is 0 Å². The van der Waals surface area contributed by atoms with Gasteiger partial charge < -0.3 is 10.4 Å². The summed E-state index contributed by atoms with van der Waals surface area (Å²) in [5.74, 6) is -0.0855. The number of hydrogen-bond donors (Lipinski definition) is 2. The molecule has 0 aliphatic carbocycles. The molecule has 1 aromatic rings. The molecule has 6 nitrogen and oxygen atoms in total. The molecule has 6 heteroatoms. The van der Waals surface area contributed by atoms with Crippen LogP contribution < -0.4 is 5.32 Å². The number of piperidine rings is 1. The van der Waals surface area contributed by atoms with Crippen LogP contribution in [0.1, 0.15) is 38.2 Å². The number of nitrogens with zero attached hydrogens (tertiary/aromatic N) is 3. The molecule has 1 aliphatic rings. The molecule has 0 radical (unpaired) electrons.